The van der Waals surface area contributed by atoms with Crippen molar-refractivity contribution in [3.05, 3.63) is 91.1 Å². The molecule has 5 aliphatic rings. The van der Waals surface area contributed by atoms with E-state index < -0.39 is 0 Å². The van der Waals surface area contributed by atoms with Crippen molar-refractivity contribution in [2.24, 2.45) is 0 Å². The number of anilines is 3. The highest BCUT2D eigenvalue weighted by molar-refractivity contribution is 5.96. The van der Waals surface area contributed by atoms with Gasteiger partial charge in [0.2, 0.25) is 29.1 Å². The number of carbonyl (C=O) groups is 3. The van der Waals surface area contributed by atoms with Crippen molar-refractivity contribution in [2.45, 2.75) is 76.5 Å². The molecule has 0 saturated carbocycles. The molecule has 4 N–H and O–H groups in total. The first-order chi connectivity index (χ1) is 31.0. The zero-order valence-electron chi connectivity index (χ0n) is 36.8. The van der Waals surface area contributed by atoms with Gasteiger partial charge in [-0.05, 0) is 49.8 Å². The van der Waals surface area contributed by atoms with Gasteiger partial charge in [-0.15, -0.1) is 10.2 Å². The number of phenolic OH excluding ortho intramolecular Hbond substituents is 1. The number of carbonyl (C=O) groups excluding carboxylic acids is 3. The fraction of sp³-hybridized carbons (Fsp3) is 0.408. The Morgan fingerprint density at radius 2 is 1.73 bits per heavy atom. The summed E-state index contributed by atoms with van der Waals surface area (Å²) in [6.45, 7) is 10.8. The highest BCUT2D eigenvalue weighted by Gasteiger charge is 2.42. The molecule has 0 radical (unpaired) electrons. The minimum Gasteiger partial charge on any atom is -0.507 e. The number of hydrogen-bond acceptors (Lipinski definition) is 11. The van der Waals surface area contributed by atoms with Gasteiger partial charge < -0.3 is 30.3 Å². The molecule has 15 heteroatoms. The Balaban J connectivity index is 0.784. The average Bonchev–Trinajstić information content (AvgIpc) is 3.54. The van der Waals surface area contributed by atoms with Gasteiger partial charge in [0.15, 0.2) is 29.0 Å². The number of rotatable bonds is 10. The number of hydrogen-bond donors (Lipinski definition) is 3. The van der Waals surface area contributed by atoms with E-state index in [-0.39, 0.29) is 48.1 Å². The number of aromatic nitrogens is 2. The first kappa shape index (κ1) is 42.7. The molecule has 64 heavy (non-hydrogen) atoms. The summed E-state index contributed by atoms with van der Waals surface area (Å²) in [6.07, 6.45) is 5.69. The van der Waals surface area contributed by atoms with Gasteiger partial charge in [0.25, 0.3) is 0 Å². The predicted octanol–water partition coefficient (Wildman–Crippen LogP) is 5.22. The van der Waals surface area contributed by atoms with Crippen LogP contribution in [0, 0.1) is 0 Å². The Morgan fingerprint density at radius 1 is 0.938 bits per heavy atom. The van der Waals surface area contributed by atoms with E-state index in [9.17, 15) is 19.5 Å². The minimum atomic E-state index is -0.233. The van der Waals surface area contributed by atoms with E-state index in [1.165, 1.54) is 5.71 Å². The number of piperidine rings is 1. The van der Waals surface area contributed by atoms with Crippen LogP contribution in [0.3, 0.4) is 0 Å². The first-order valence-corrected chi connectivity index (χ1v) is 22.5. The molecule has 1 aromatic heterocycles. The summed E-state index contributed by atoms with van der Waals surface area (Å²) in [4.78, 5) is 46.5. The number of nitrogens with two attached hydrogens (primary N) is 1. The lowest BCUT2D eigenvalue weighted by Crippen LogP contribution is -2.49. The summed E-state index contributed by atoms with van der Waals surface area (Å²) in [5.41, 5.74) is 14.8. The SMILES string of the molecule is C=C1CN(CC(=O)N2CCC(Oc3cccc([N+]4=C5CC[C@H]4CN(c4cc(-c6ccccc6O)nnc4N)C5)c3)CC2)CC(C)=[N+]1c1cccc(N(C)C2CCCC(=O)NC(=O)C2)c1. The van der Waals surface area contributed by atoms with Gasteiger partial charge in [0, 0.05) is 101 Å². The Bertz CT molecular complexity index is 2550. The maximum atomic E-state index is 13.7. The van der Waals surface area contributed by atoms with E-state index in [0.717, 1.165) is 85.0 Å². The number of fused-ring (bicyclic) bond motifs is 1. The van der Waals surface area contributed by atoms with Gasteiger partial charge in [-0.1, -0.05) is 24.3 Å². The van der Waals surface area contributed by atoms with Gasteiger partial charge in [0.1, 0.15) is 17.6 Å². The molecular weight excluding hydrogens is 809 g/mol. The van der Waals surface area contributed by atoms with Crippen LogP contribution in [0.4, 0.5) is 28.6 Å². The number of aromatic hydroxyl groups is 1. The third-order valence-electron chi connectivity index (χ3n) is 13.4. The lowest BCUT2D eigenvalue weighted by molar-refractivity contribution is -0.476. The van der Waals surface area contributed by atoms with E-state index >= 15 is 0 Å². The number of benzene rings is 3. The van der Waals surface area contributed by atoms with Crippen molar-refractivity contribution in [1.29, 1.82) is 0 Å². The topological polar surface area (TPSA) is 163 Å². The van der Waals surface area contributed by atoms with Crippen LogP contribution >= 0.6 is 0 Å². The number of likely N-dealkylation sites (tertiary alicyclic amines) is 1. The Morgan fingerprint density at radius 3 is 2.53 bits per heavy atom. The van der Waals surface area contributed by atoms with Crippen LogP contribution in [0.15, 0.2) is 91.1 Å². The molecule has 0 spiro atoms. The number of ether oxygens (including phenoxy) is 1. The fourth-order valence-corrected chi connectivity index (χ4v) is 10.2. The van der Waals surface area contributed by atoms with Crippen molar-refractivity contribution in [3.63, 3.8) is 0 Å². The number of nitrogens with zero attached hydrogens (tertiary/aromatic N) is 8. The van der Waals surface area contributed by atoms with Crippen LogP contribution in [0.25, 0.3) is 11.3 Å². The molecule has 2 atom stereocenters. The second-order valence-corrected chi connectivity index (χ2v) is 17.9. The predicted molar refractivity (Wildman–Crippen MR) is 247 cm³/mol. The second kappa shape index (κ2) is 18.2. The summed E-state index contributed by atoms with van der Waals surface area (Å²) in [7, 11) is 2.01. The molecule has 3 amide bonds. The number of para-hydroxylation sites is 1. The lowest BCUT2D eigenvalue weighted by Gasteiger charge is -2.34. The molecule has 5 aliphatic heterocycles. The van der Waals surface area contributed by atoms with Crippen molar-refractivity contribution in [3.8, 4) is 22.8 Å². The van der Waals surface area contributed by atoms with E-state index in [1.807, 2.05) is 48.3 Å². The number of nitrogens with one attached hydrogen (secondary N) is 1. The normalized spacial score (nSPS) is 21.2. The van der Waals surface area contributed by atoms with E-state index in [1.54, 1.807) is 12.1 Å². The van der Waals surface area contributed by atoms with Crippen molar-refractivity contribution < 1.29 is 33.4 Å². The molecule has 6 heterocycles. The summed E-state index contributed by atoms with van der Waals surface area (Å²) < 4.78 is 11.2. The van der Waals surface area contributed by atoms with Gasteiger partial charge in [0.05, 0.1) is 50.2 Å². The second-order valence-electron chi connectivity index (χ2n) is 17.9. The van der Waals surface area contributed by atoms with Crippen molar-refractivity contribution in [1.82, 2.24) is 25.3 Å². The fourth-order valence-electron chi connectivity index (χ4n) is 10.2. The molecule has 332 valence electrons. The maximum absolute atomic E-state index is 13.7. The van der Waals surface area contributed by atoms with E-state index in [4.69, 9.17) is 10.5 Å². The van der Waals surface area contributed by atoms with Crippen LogP contribution in [0.5, 0.6) is 11.5 Å². The van der Waals surface area contributed by atoms with Crippen LogP contribution in [-0.2, 0) is 14.4 Å². The zero-order chi connectivity index (χ0) is 44.5. The number of nitrogen functional groups attached to an aromatic ring is 1. The smallest absolute Gasteiger partial charge is 0.236 e. The van der Waals surface area contributed by atoms with E-state index in [2.05, 4.69) is 83.2 Å². The van der Waals surface area contributed by atoms with Gasteiger partial charge in [-0.3, -0.25) is 24.6 Å². The summed E-state index contributed by atoms with van der Waals surface area (Å²) in [6, 6.07) is 25.9. The largest absolute Gasteiger partial charge is 0.507 e. The summed E-state index contributed by atoms with van der Waals surface area (Å²) >= 11 is 0. The van der Waals surface area contributed by atoms with Crippen LogP contribution in [0.1, 0.15) is 58.3 Å². The Kier molecular flexibility index (Phi) is 12.2. The number of phenols is 1. The zero-order valence-corrected chi connectivity index (χ0v) is 36.8. The quantitative estimate of drug-likeness (QED) is 0.142. The summed E-state index contributed by atoms with van der Waals surface area (Å²) in [5, 5.41) is 21.5. The Hall–Kier alpha value is -6.61. The third kappa shape index (κ3) is 9.07. The van der Waals surface area contributed by atoms with Gasteiger partial charge >= 0.3 is 0 Å². The van der Waals surface area contributed by atoms with Crippen molar-refractivity contribution >= 4 is 57.7 Å². The van der Waals surface area contributed by atoms with Crippen LogP contribution < -0.4 is 25.6 Å². The highest BCUT2D eigenvalue weighted by Crippen LogP contribution is 2.36. The number of imide groups is 1. The van der Waals surface area contributed by atoms with Crippen LogP contribution in [-0.4, -0.2) is 134 Å². The third-order valence-corrected chi connectivity index (χ3v) is 13.4. The summed E-state index contributed by atoms with van der Waals surface area (Å²) in [5.74, 6) is 1.05. The molecule has 2 saturated heterocycles. The maximum Gasteiger partial charge on any atom is 0.236 e. The van der Waals surface area contributed by atoms with Crippen LogP contribution in [0.2, 0.25) is 0 Å². The first-order valence-electron chi connectivity index (χ1n) is 22.5. The molecule has 9 rings (SSSR count). The molecule has 0 aliphatic carbocycles. The monoisotopic (exact) mass is 866 g/mol. The standard InChI is InChI=1S/C49H56N10O5/c1-32-27-55(28-33(2)58(32)36-11-6-9-34(23-36)54(3)35-10-8-16-46(61)51-47(62)25-35)31-48(63)56-21-19-40(20-22-56)64-41-13-7-12-37(24-41)59-38-17-18-39(59)30-57(29-38)44-26-43(52-53-49(44)50)42-14-4-5-15-45(42)60/h4-7,9,11-15,23-24,26,35,38,40H,1,8,10,16-22,25,27-31H2,2-3H3,(H2-2,50,51,52,53,60,61,62)/p+2/t35?,38-/m0/s1. The van der Waals surface area contributed by atoms with Gasteiger partial charge in [-0.25, -0.2) is 0 Å². The molecule has 1 unspecified atom stereocenters. The van der Waals surface area contributed by atoms with Crippen molar-refractivity contribution in [2.75, 3.05) is 68.4 Å². The molecule has 2 bridgehead atoms. The minimum absolute atomic E-state index is 0.0117. The Labute approximate surface area is 374 Å². The molecule has 15 nitrogen and oxygen atoms in total. The van der Waals surface area contributed by atoms with E-state index in [0.29, 0.717) is 62.8 Å². The molecule has 4 aromatic rings. The van der Waals surface area contributed by atoms with Gasteiger partial charge in [-0.2, -0.15) is 9.15 Å². The number of amides is 3. The average molecular weight is 867 g/mol. The molecule has 2 fully saturated rings. The lowest BCUT2D eigenvalue weighted by atomic mass is 10.0. The molecular formula is C49H58N10O5+2. The molecule has 3 aromatic carbocycles. The highest BCUT2D eigenvalue weighted by atomic mass is 16.5.